The van der Waals surface area contributed by atoms with E-state index in [2.05, 4.69) is 45.3 Å². The van der Waals surface area contributed by atoms with Gasteiger partial charge in [-0.1, -0.05) is 48.5 Å². The van der Waals surface area contributed by atoms with Gasteiger partial charge in [-0.25, -0.2) is 19.3 Å². The predicted octanol–water partition coefficient (Wildman–Crippen LogP) is 7.81. The van der Waals surface area contributed by atoms with Crippen LogP contribution in [-0.2, 0) is 28.6 Å². The summed E-state index contributed by atoms with van der Waals surface area (Å²) in [4.78, 5) is 33.5. The first-order valence-electron chi connectivity index (χ1n) is 16.6. The number of alkyl halides is 3. The van der Waals surface area contributed by atoms with Crippen LogP contribution in [-0.4, -0.2) is 63.6 Å². The number of piperidine rings is 1. The fraction of sp³-hybridized carbons (Fsp3) is 0.405. The Labute approximate surface area is 283 Å². The normalized spacial score (nSPS) is 15.3. The zero-order chi connectivity index (χ0) is 34.9. The van der Waals surface area contributed by atoms with E-state index in [1.807, 2.05) is 32.9 Å². The lowest BCUT2D eigenvalue weighted by atomic mass is 9.89. The average molecular weight is 676 g/mol. The van der Waals surface area contributed by atoms with E-state index in [4.69, 9.17) is 9.47 Å². The number of anilines is 1. The zero-order valence-electron chi connectivity index (χ0n) is 28.1. The third-order valence-electron chi connectivity index (χ3n) is 8.82. The topological polar surface area (TPSA) is 89.8 Å². The van der Waals surface area contributed by atoms with Gasteiger partial charge in [0.05, 0.1) is 18.5 Å². The molecule has 0 aliphatic carbocycles. The number of esters is 1. The Morgan fingerprint density at radius 2 is 1.65 bits per heavy atom. The van der Waals surface area contributed by atoms with Gasteiger partial charge < -0.3 is 19.3 Å². The van der Waals surface area contributed by atoms with Crippen molar-refractivity contribution >= 4 is 17.7 Å². The number of hydrogen-bond donors (Lipinski definition) is 0. The van der Waals surface area contributed by atoms with Crippen molar-refractivity contribution in [2.75, 3.05) is 31.1 Å². The number of nitrogens with zero attached hydrogens (tertiary/aromatic N) is 5. The second kappa shape index (κ2) is 13.6. The van der Waals surface area contributed by atoms with Gasteiger partial charge in [0.1, 0.15) is 11.2 Å². The van der Waals surface area contributed by atoms with E-state index < -0.39 is 29.0 Å². The highest BCUT2D eigenvalue weighted by molar-refractivity contribution is 5.91. The van der Waals surface area contributed by atoms with E-state index in [1.165, 1.54) is 18.6 Å². The number of pyridine rings is 1. The Kier molecular flexibility index (Phi) is 9.41. The van der Waals surface area contributed by atoms with E-state index in [1.54, 1.807) is 17.0 Å². The highest BCUT2D eigenvalue weighted by Crippen LogP contribution is 2.40. The molecule has 0 radical (unpaired) electrons. The summed E-state index contributed by atoms with van der Waals surface area (Å²) in [6.45, 7) is 9.85. The molecule has 2 aliphatic rings. The lowest BCUT2D eigenvalue weighted by Crippen LogP contribution is -2.41. The molecule has 0 bridgehead atoms. The molecule has 0 saturated carbocycles. The second-order valence-corrected chi connectivity index (χ2v) is 13.4. The summed E-state index contributed by atoms with van der Waals surface area (Å²) < 4.78 is 53.6. The van der Waals surface area contributed by atoms with Crippen LogP contribution < -0.4 is 4.90 Å². The lowest BCUT2D eigenvalue weighted by molar-refractivity contribution is -0.143. The monoisotopic (exact) mass is 675 g/mol. The maximum Gasteiger partial charge on any atom is 0.434 e. The number of rotatable bonds is 7. The number of carbonyl (C=O) groups excluding carboxylic acids is 2. The van der Waals surface area contributed by atoms with E-state index in [0.29, 0.717) is 35.9 Å². The van der Waals surface area contributed by atoms with Crippen LogP contribution in [0.3, 0.4) is 0 Å². The number of likely N-dealkylation sites (tertiary alicyclic amines) is 1. The van der Waals surface area contributed by atoms with Crippen LogP contribution in [0.25, 0.3) is 17.1 Å². The lowest BCUT2D eigenvalue weighted by Gasteiger charge is -2.33. The van der Waals surface area contributed by atoms with Crippen molar-refractivity contribution < 1.29 is 32.2 Å². The molecule has 0 atom stereocenters. The maximum atomic E-state index is 14.2. The van der Waals surface area contributed by atoms with Gasteiger partial charge in [0.15, 0.2) is 11.5 Å². The molecule has 0 spiro atoms. The summed E-state index contributed by atoms with van der Waals surface area (Å²) in [7, 11) is 0. The highest BCUT2D eigenvalue weighted by Gasteiger charge is 2.41. The van der Waals surface area contributed by atoms with E-state index >= 15 is 0 Å². The number of hydrogen-bond acceptors (Lipinski definition) is 7. The number of halogens is 3. The molecule has 2 aromatic carbocycles. The smallest absolute Gasteiger partial charge is 0.434 e. The van der Waals surface area contributed by atoms with Crippen molar-refractivity contribution in [1.29, 1.82) is 0 Å². The minimum Gasteiger partial charge on any atom is -0.462 e. The summed E-state index contributed by atoms with van der Waals surface area (Å²) in [5.74, 6) is -0.786. The number of para-hydroxylation sites is 1. The summed E-state index contributed by atoms with van der Waals surface area (Å²) in [6.07, 6.45) is -1.67. The van der Waals surface area contributed by atoms with Crippen LogP contribution >= 0.6 is 0 Å². The molecule has 258 valence electrons. The van der Waals surface area contributed by atoms with Crippen LogP contribution in [0.4, 0.5) is 23.7 Å². The predicted molar refractivity (Wildman–Crippen MR) is 179 cm³/mol. The minimum absolute atomic E-state index is 0.0601. The van der Waals surface area contributed by atoms with Gasteiger partial charge in [0.2, 0.25) is 0 Å². The molecule has 1 amide bonds. The molecule has 0 N–H and O–H groups in total. The first kappa shape index (κ1) is 34.0. The molecule has 12 heteroatoms. The number of amides is 1. The fourth-order valence-corrected chi connectivity index (χ4v) is 6.58. The number of aromatic nitrogens is 3. The Morgan fingerprint density at radius 1 is 0.939 bits per heavy atom. The van der Waals surface area contributed by atoms with E-state index in [-0.39, 0.29) is 18.5 Å². The van der Waals surface area contributed by atoms with Gasteiger partial charge in [0.25, 0.3) is 0 Å². The van der Waals surface area contributed by atoms with Crippen LogP contribution in [0.2, 0.25) is 0 Å². The van der Waals surface area contributed by atoms with Crippen molar-refractivity contribution in [2.24, 2.45) is 0 Å². The molecule has 0 unspecified atom stereocenters. The third-order valence-corrected chi connectivity index (χ3v) is 8.82. The minimum atomic E-state index is -4.87. The van der Waals surface area contributed by atoms with Crippen molar-refractivity contribution in [2.45, 2.75) is 71.2 Å². The summed E-state index contributed by atoms with van der Waals surface area (Å²) in [5.41, 5.74) is 3.41. The number of carbonyl (C=O) groups is 2. The quantitative estimate of drug-likeness (QED) is 0.185. The second-order valence-electron chi connectivity index (χ2n) is 13.4. The zero-order valence-corrected chi connectivity index (χ0v) is 28.1. The molecule has 2 aromatic heterocycles. The molecule has 49 heavy (non-hydrogen) atoms. The first-order chi connectivity index (χ1) is 23.3. The van der Waals surface area contributed by atoms with Gasteiger partial charge in [-0.05, 0) is 81.7 Å². The first-order valence-corrected chi connectivity index (χ1v) is 16.6. The van der Waals surface area contributed by atoms with Crippen LogP contribution in [0, 0.1) is 0 Å². The molecule has 1 fully saturated rings. The molecule has 9 nitrogen and oxygen atoms in total. The SMILES string of the molecule is CCOC(=O)c1cnn(-c2cccc(-c3cccc4c3N(Cc3ccc(C5CCN(C(=O)OC(C)(C)C)CC5)cc3)CC4)n2)c1C(F)(F)F. The van der Waals surface area contributed by atoms with Crippen molar-refractivity contribution in [3.05, 3.63) is 94.8 Å². The largest absolute Gasteiger partial charge is 0.462 e. The van der Waals surface area contributed by atoms with Crippen LogP contribution in [0.5, 0.6) is 0 Å². The molecule has 4 heterocycles. The Morgan fingerprint density at radius 3 is 2.33 bits per heavy atom. The van der Waals surface area contributed by atoms with Gasteiger partial charge in [-0.2, -0.15) is 18.3 Å². The number of ether oxygens (including phenoxy) is 2. The standard InChI is InChI=1S/C37H40F3N5O4/c1-5-48-34(46)29-22-41-45(33(29)37(38,39)40)31-11-7-10-30(42-31)28-9-6-8-27-18-21-44(32(27)28)23-24-12-14-25(15-13-24)26-16-19-43(20-17-26)35(47)49-36(2,3)4/h6-15,22,26H,5,16-21,23H2,1-4H3. The molecule has 2 aliphatic heterocycles. The van der Waals surface area contributed by atoms with Gasteiger partial charge in [-0.15, -0.1) is 0 Å². The summed E-state index contributed by atoms with van der Waals surface area (Å²) >= 11 is 0. The summed E-state index contributed by atoms with van der Waals surface area (Å²) in [6, 6.07) is 19.4. The van der Waals surface area contributed by atoms with Crippen molar-refractivity contribution in [3.8, 4) is 17.1 Å². The highest BCUT2D eigenvalue weighted by atomic mass is 19.4. The fourth-order valence-electron chi connectivity index (χ4n) is 6.58. The van der Waals surface area contributed by atoms with E-state index in [9.17, 15) is 22.8 Å². The molecule has 1 saturated heterocycles. The van der Waals surface area contributed by atoms with Gasteiger partial charge in [0, 0.05) is 37.4 Å². The van der Waals surface area contributed by atoms with Gasteiger partial charge >= 0.3 is 18.2 Å². The molecule has 4 aromatic rings. The molecule has 6 rings (SSSR count). The Bertz CT molecular complexity index is 1820. The van der Waals surface area contributed by atoms with Gasteiger partial charge in [-0.3, -0.25) is 0 Å². The van der Waals surface area contributed by atoms with E-state index in [0.717, 1.165) is 54.4 Å². The summed E-state index contributed by atoms with van der Waals surface area (Å²) in [5, 5.41) is 3.90. The Balaban J connectivity index is 1.20. The number of fused-ring (bicyclic) bond motifs is 1. The van der Waals surface area contributed by atoms with Crippen molar-refractivity contribution in [3.63, 3.8) is 0 Å². The Hall–Kier alpha value is -4.87. The number of benzene rings is 2. The molecular formula is C37H40F3N5O4. The molecular weight excluding hydrogens is 635 g/mol. The van der Waals surface area contributed by atoms with Crippen LogP contribution in [0.15, 0.2) is 66.9 Å². The van der Waals surface area contributed by atoms with Crippen molar-refractivity contribution in [1.82, 2.24) is 19.7 Å². The average Bonchev–Trinajstić information content (AvgIpc) is 3.70. The van der Waals surface area contributed by atoms with Crippen LogP contribution in [0.1, 0.15) is 79.2 Å². The third kappa shape index (κ3) is 7.42. The maximum absolute atomic E-state index is 14.2.